The van der Waals surface area contributed by atoms with E-state index in [-0.39, 0.29) is 5.56 Å². The summed E-state index contributed by atoms with van der Waals surface area (Å²) in [6.07, 6.45) is 3.22. The average Bonchev–Trinajstić information content (AvgIpc) is 3.44. The molecule has 0 saturated carbocycles. The van der Waals surface area contributed by atoms with Crippen LogP contribution in [-0.2, 0) is 13.0 Å². The fraction of sp³-hybridized carbons (Fsp3) is 0.231. The Kier molecular flexibility index (Phi) is 5.71. The van der Waals surface area contributed by atoms with Crippen LogP contribution in [-0.4, -0.2) is 31.6 Å². The lowest BCUT2D eigenvalue weighted by atomic mass is 10.2. The van der Waals surface area contributed by atoms with Crippen molar-refractivity contribution in [2.45, 2.75) is 33.2 Å². The van der Waals surface area contributed by atoms with E-state index in [9.17, 15) is 4.79 Å². The molecular weight excluding hydrogens is 430 g/mol. The van der Waals surface area contributed by atoms with Crippen molar-refractivity contribution in [1.29, 1.82) is 0 Å². The number of benzene rings is 2. The second-order valence-electron chi connectivity index (χ2n) is 8.15. The second kappa shape index (κ2) is 8.97. The van der Waals surface area contributed by atoms with E-state index in [1.807, 2.05) is 68.4 Å². The zero-order chi connectivity index (χ0) is 23.7. The molecular formula is C26H25N5O3. The quantitative estimate of drug-likeness (QED) is 0.359. The molecule has 0 spiro atoms. The summed E-state index contributed by atoms with van der Waals surface area (Å²) in [5.74, 6) is 1.93. The highest BCUT2D eigenvalue weighted by Gasteiger charge is 2.17. The summed E-state index contributed by atoms with van der Waals surface area (Å²) in [5, 5.41) is 10.1. The molecule has 0 saturated heterocycles. The van der Waals surface area contributed by atoms with E-state index in [1.165, 1.54) is 4.68 Å². The normalized spacial score (nSPS) is 11.3. The van der Waals surface area contributed by atoms with Gasteiger partial charge >= 0.3 is 0 Å². The van der Waals surface area contributed by atoms with Crippen LogP contribution in [0, 0.1) is 13.8 Å². The van der Waals surface area contributed by atoms with Gasteiger partial charge in [-0.3, -0.25) is 4.79 Å². The highest BCUT2D eigenvalue weighted by molar-refractivity contribution is 5.87. The number of nitrogens with zero attached hydrogens (tertiary/aromatic N) is 5. The summed E-state index contributed by atoms with van der Waals surface area (Å²) < 4.78 is 14.3. The van der Waals surface area contributed by atoms with Crippen molar-refractivity contribution in [3.05, 3.63) is 88.4 Å². The van der Waals surface area contributed by atoms with E-state index in [4.69, 9.17) is 9.26 Å². The largest absolute Gasteiger partial charge is 0.497 e. The lowest BCUT2D eigenvalue weighted by Crippen LogP contribution is -2.21. The van der Waals surface area contributed by atoms with E-state index >= 15 is 0 Å². The third-order valence-corrected chi connectivity index (χ3v) is 6.13. The van der Waals surface area contributed by atoms with Gasteiger partial charge in [0.25, 0.3) is 5.56 Å². The van der Waals surface area contributed by atoms with Crippen LogP contribution in [0.2, 0.25) is 0 Å². The number of hydrogen-bond donors (Lipinski definition) is 0. The summed E-state index contributed by atoms with van der Waals surface area (Å²) in [5.41, 5.74) is 3.49. The van der Waals surface area contributed by atoms with Crippen LogP contribution in [0.3, 0.4) is 0 Å². The Morgan fingerprint density at radius 3 is 2.50 bits per heavy atom. The molecule has 0 N–H and O–H groups in total. The maximum absolute atomic E-state index is 13.2. The average molecular weight is 456 g/mol. The van der Waals surface area contributed by atoms with Crippen molar-refractivity contribution in [2.24, 2.45) is 0 Å². The Balaban J connectivity index is 1.34. The molecule has 34 heavy (non-hydrogen) atoms. The summed E-state index contributed by atoms with van der Waals surface area (Å²) >= 11 is 0. The van der Waals surface area contributed by atoms with Gasteiger partial charge in [0.2, 0.25) is 11.7 Å². The zero-order valence-electron chi connectivity index (χ0n) is 19.4. The summed E-state index contributed by atoms with van der Waals surface area (Å²) in [7, 11) is 1.63. The van der Waals surface area contributed by atoms with Gasteiger partial charge in [-0.05, 0) is 56.7 Å². The van der Waals surface area contributed by atoms with Crippen LogP contribution < -0.4 is 10.3 Å². The van der Waals surface area contributed by atoms with Crippen molar-refractivity contribution in [3.63, 3.8) is 0 Å². The Morgan fingerprint density at radius 1 is 1.00 bits per heavy atom. The molecule has 5 rings (SSSR count). The number of aromatic nitrogens is 5. The van der Waals surface area contributed by atoms with E-state index < -0.39 is 0 Å². The van der Waals surface area contributed by atoms with Crippen molar-refractivity contribution in [3.8, 4) is 22.8 Å². The van der Waals surface area contributed by atoms with Crippen molar-refractivity contribution in [1.82, 2.24) is 24.5 Å². The Hall–Kier alpha value is -4.20. The van der Waals surface area contributed by atoms with Gasteiger partial charge in [-0.1, -0.05) is 23.4 Å². The monoisotopic (exact) mass is 455 g/mol. The highest BCUT2D eigenvalue weighted by Crippen LogP contribution is 2.24. The van der Waals surface area contributed by atoms with Gasteiger partial charge in [0.1, 0.15) is 5.75 Å². The number of ether oxygens (including phenoxy) is 1. The molecule has 5 aromatic rings. The molecule has 0 fully saturated rings. The fourth-order valence-electron chi connectivity index (χ4n) is 4.30. The summed E-state index contributed by atoms with van der Waals surface area (Å²) in [6.45, 7) is 4.75. The number of para-hydroxylation sites is 1. The molecule has 0 radical (unpaired) electrons. The molecule has 172 valence electrons. The molecule has 8 heteroatoms. The molecule has 0 amide bonds. The molecule has 0 aliphatic carbocycles. The molecule has 3 aromatic heterocycles. The predicted octanol–water partition coefficient (Wildman–Crippen LogP) is 4.50. The second-order valence-corrected chi connectivity index (χ2v) is 8.15. The number of methoxy groups -OCH3 is 1. The first-order chi connectivity index (χ1) is 16.6. The summed E-state index contributed by atoms with van der Waals surface area (Å²) in [6, 6.07) is 17.0. The molecule has 0 aliphatic heterocycles. The van der Waals surface area contributed by atoms with Gasteiger partial charge in [-0.15, -0.1) is 0 Å². The molecule has 0 aliphatic rings. The van der Waals surface area contributed by atoms with Gasteiger partial charge in [-0.2, -0.15) is 14.8 Å². The number of aryl methyl sites for hydroxylation is 3. The SMILES string of the molecule is COc1ccc(-c2noc(CCCn3c(C)c4cnn(-c5ccccc5)c(=O)c4c3C)n2)cc1. The lowest BCUT2D eigenvalue weighted by molar-refractivity contribution is 0.372. The van der Waals surface area contributed by atoms with Gasteiger partial charge in [0, 0.05) is 35.3 Å². The summed E-state index contributed by atoms with van der Waals surface area (Å²) in [4.78, 5) is 17.8. The minimum atomic E-state index is -0.107. The highest BCUT2D eigenvalue weighted by atomic mass is 16.5. The van der Waals surface area contributed by atoms with E-state index in [1.54, 1.807) is 13.3 Å². The van der Waals surface area contributed by atoms with Gasteiger partial charge in [0.05, 0.1) is 24.4 Å². The van der Waals surface area contributed by atoms with Gasteiger partial charge < -0.3 is 13.8 Å². The van der Waals surface area contributed by atoms with Crippen LogP contribution in [0.4, 0.5) is 0 Å². The molecule has 0 atom stereocenters. The van der Waals surface area contributed by atoms with Crippen LogP contribution >= 0.6 is 0 Å². The van der Waals surface area contributed by atoms with Crippen LogP contribution in [0.5, 0.6) is 5.75 Å². The van der Waals surface area contributed by atoms with Gasteiger partial charge in [-0.25, -0.2) is 0 Å². The first-order valence-corrected chi connectivity index (χ1v) is 11.2. The number of hydrogen-bond acceptors (Lipinski definition) is 6. The van der Waals surface area contributed by atoms with Crippen molar-refractivity contribution >= 4 is 10.8 Å². The van der Waals surface area contributed by atoms with Crippen LogP contribution in [0.25, 0.3) is 27.8 Å². The Bertz CT molecular complexity index is 1500. The smallest absolute Gasteiger partial charge is 0.281 e. The van der Waals surface area contributed by atoms with E-state index in [0.717, 1.165) is 46.7 Å². The Labute approximate surface area is 196 Å². The topological polar surface area (TPSA) is 88.0 Å². The van der Waals surface area contributed by atoms with Crippen molar-refractivity contribution < 1.29 is 9.26 Å². The molecule has 0 unspecified atom stereocenters. The molecule has 3 heterocycles. The van der Waals surface area contributed by atoms with Crippen LogP contribution in [0.1, 0.15) is 23.7 Å². The third-order valence-electron chi connectivity index (χ3n) is 6.13. The molecule has 0 bridgehead atoms. The predicted molar refractivity (Wildman–Crippen MR) is 129 cm³/mol. The minimum absolute atomic E-state index is 0.107. The third kappa shape index (κ3) is 3.87. The zero-order valence-corrected chi connectivity index (χ0v) is 19.4. The van der Waals surface area contributed by atoms with Crippen LogP contribution in [0.15, 0.2) is 70.1 Å². The first-order valence-electron chi connectivity index (χ1n) is 11.2. The van der Waals surface area contributed by atoms with Gasteiger partial charge in [0.15, 0.2) is 0 Å². The first kappa shape index (κ1) is 21.6. The van der Waals surface area contributed by atoms with E-state index in [0.29, 0.717) is 23.5 Å². The maximum atomic E-state index is 13.2. The standard InChI is InChI=1S/C26H25N5O3/c1-17-22-16-27-31(20-8-5-4-6-9-20)26(32)24(22)18(2)30(17)15-7-10-23-28-25(29-34-23)19-11-13-21(33-3)14-12-19/h4-6,8-9,11-14,16H,7,10,15H2,1-3H3. The molecule has 8 nitrogen and oxygen atoms in total. The maximum Gasteiger partial charge on any atom is 0.281 e. The minimum Gasteiger partial charge on any atom is -0.497 e. The lowest BCUT2D eigenvalue weighted by Gasteiger charge is -2.07. The van der Waals surface area contributed by atoms with Crippen molar-refractivity contribution in [2.75, 3.05) is 7.11 Å². The number of rotatable bonds is 7. The van der Waals surface area contributed by atoms with E-state index in [2.05, 4.69) is 19.8 Å². The Morgan fingerprint density at radius 2 is 1.76 bits per heavy atom. The molecule has 2 aromatic carbocycles. The fourth-order valence-corrected chi connectivity index (χ4v) is 4.30. The number of fused-ring (bicyclic) bond motifs is 1.